The zero-order valence-corrected chi connectivity index (χ0v) is 16.2. The standard InChI is InChI=1S/C19H23NO6S/c1-25-16-9-8-12(10-17(16)26-2)15(11-27(3,23)24)20-18(21)13-6-4-5-7-14(13)19(20)22/h4-10,15,18-19,21-22H,11H2,1-3H3. The molecule has 0 radical (unpaired) electrons. The molecule has 0 fully saturated rings. The van der Waals surface area contributed by atoms with Gasteiger partial charge in [-0.2, -0.15) is 0 Å². The van der Waals surface area contributed by atoms with E-state index in [-0.39, 0.29) is 5.75 Å². The monoisotopic (exact) mass is 393 g/mol. The van der Waals surface area contributed by atoms with E-state index in [9.17, 15) is 18.6 Å². The molecule has 0 bridgehead atoms. The third kappa shape index (κ3) is 3.79. The zero-order chi connectivity index (χ0) is 19.8. The summed E-state index contributed by atoms with van der Waals surface area (Å²) < 4.78 is 34.7. The van der Waals surface area contributed by atoms with Crippen LogP contribution in [0.25, 0.3) is 0 Å². The van der Waals surface area contributed by atoms with E-state index in [1.54, 1.807) is 42.5 Å². The van der Waals surface area contributed by atoms with E-state index >= 15 is 0 Å². The highest BCUT2D eigenvalue weighted by atomic mass is 32.2. The van der Waals surface area contributed by atoms with Gasteiger partial charge in [-0.3, -0.25) is 0 Å². The predicted octanol–water partition coefficient (Wildman–Crippen LogP) is 1.79. The van der Waals surface area contributed by atoms with Crippen LogP contribution in [0.5, 0.6) is 11.5 Å². The molecule has 2 N–H and O–H groups in total. The lowest BCUT2D eigenvalue weighted by atomic mass is 10.1. The number of aliphatic hydroxyl groups excluding tert-OH is 2. The Morgan fingerprint density at radius 1 is 1.00 bits per heavy atom. The first kappa shape index (κ1) is 19.6. The lowest BCUT2D eigenvalue weighted by molar-refractivity contribution is -0.107. The minimum absolute atomic E-state index is 0.273. The highest BCUT2D eigenvalue weighted by Gasteiger charge is 2.42. The molecule has 7 nitrogen and oxygen atoms in total. The molecular weight excluding hydrogens is 370 g/mol. The van der Waals surface area contributed by atoms with Crippen molar-refractivity contribution in [1.29, 1.82) is 0 Å². The Morgan fingerprint density at radius 2 is 1.56 bits per heavy atom. The van der Waals surface area contributed by atoms with Crippen LogP contribution in [-0.2, 0) is 9.84 Å². The van der Waals surface area contributed by atoms with Crippen LogP contribution in [0.15, 0.2) is 42.5 Å². The maximum atomic E-state index is 12.1. The van der Waals surface area contributed by atoms with E-state index in [0.29, 0.717) is 28.2 Å². The molecule has 0 aromatic heterocycles. The minimum Gasteiger partial charge on any atom is -0.493 e. The van der Waals surface area contributed by atoms with Gasteiger partial charge >= 0.3 is 0 Å². The molecule has 27 heavy (non-hydrogen) atoms. The number of fused-ring (bicyclic) bond motifs is 1. The molecule has 0 amide bonds. The van der Waals surface area contributed by atoms with Crippen molar-refractivity contribution < 1.29 is 28.1 Å². The van der Waals surface area contributed by atoms with Crippen molar-refractivity contribution in [3.05, 3.63) is 59.2 Å². The molecule has 8 heteroatoms. The van der Waals surface area contributed by atoms with Crippen LogP contribution in [0.3, 0.4) is 0 Å². The Hall–Kier alpha value is -2.13. The van der Waals surface area contributed by atoms with Crippen LogP contribution < -0.4 is 9.47 Å². The number of nitrogens with zero attached hydrogens (tertiary/aromatic N) is 1. The lowest BCUT2D eigenvalue weighted by Crippen LogP contribution is -2.35. The van der Waals surface area contributed by atoms with E-state index in [1.165, 1.54) is 19.1 Å². The van der Waals surface area contributed by atoms with Crippen molar-refractivity contribution in [3.63, 3.8) is 0 Å². The fourth-order valence-corrected chi connectivity index (χ4v) is 4.42. The van der Waals surface area contributed by atoms with Gasteiger partial charge in [-0.25, -0.2) is 13.3 Å². The first-order chi connectivity index (χ1) is 12.8. The second-order valence-electron chi connectivity index (χ2n) is 6.55. The van der Waals surface area contributed by atoms with Crippen molar-refractivity contribution in [2.75, 3.05) is 26.2 Å². The number of methoxy groups -OCH3 is 2. The number of hydrogen-bond acceptors (Lipinski definition) is 7. The fourth-order valence-electron chi connectivity index (χ4n) is 3.48. The van der Waals surface area contributed by atoms with Crippen LogP contribution in [-0.4, -0.2) is 49.8 Å². The molecule has 2 aromatic rings. The minimum atomic E-state index is -3.41. The van der Waals surface area contributed by atoms with Gasteiger partial charge in [-0.15, -0.1) is 0 Å². The summed E-state index contributed by atoms with van der Waals surface area (Å²) in [5.74, 6) is 0.671. The van der Waals surface area contributed by atoms with Crippen LogP contribution in [0.1, 0.15) is 35.2 Å². The quantitative estimate of drug-likeness (QED) is 0.772. The van der Waals surface area contributed by atoms with Gasteiger partial charge in [0.2, 0.25) is 0 Å². The van der Waals surface area contributed by atoms with Gasteiger partial charge in [0.15, 0.2) is 11.5 Å². The third-order valence-corrected chi connectivity index (χ3v) is 5.65. The Balaban J connectivity index is 2.08. The summed E-state index contributed by atoms with van der Waals surface area (Å²) in [7, 11) is -0.416. The van der Waals surface area contributed by atoms with Crippen LogP contribution in [0.4, 0.5) is 0 Å². The molecule has 1 aliphatic heterocycles. The molecule has 2 aromatic carbocycles. The van der Waals surface area contributed by atoms with Crippen molar-refractivity contribution in [3.8, 4) is 11.5 Å². The van der Waals surface area contributed by atoms with E-state index in [1.807, 2.05) is 0 Å². The maximum Gasteiger partial charge on any atom is 0.161 e. The van der Waals surface area contributed by atoms with Crippen LogP contribution in [0, 0.1) is 0 Å². The molecule has 1 aliphatic rings. The van der Waals surface area contributed by atoms with Crippen molar-refractivity contribution >= 4 is 9.84 Å². The average molecular weight is 393 g/mol. The van der Waals surface area contributed by atoms with Crippen molar-refractivity contribution in [2.45, 2.75) is 18.5 Å². The first-order valence-corrected chi connectivity index (χ1v) is 10.4. The van der Waals surface area contributed by atoms with E-state index in [4.69, 9.17) is 9.47 Å². The average Bonchev–Trinajstić information content (AvgIpc) is 2.89. The smallest absolute Gasteiger partial charge is 0.161 e. The van der Waals surface area contributed by atoms with E-state index in [2.05, 4.69) is 0 Å². The summed E-state index contributed by atoms with van der Waals surface area (Å²) in [6.07, 6.45) is -1.13. The molecule has 0 aliphatic carbocycles. The zero-order valence-electron chi connectivity index (χ0n) is 15.4. The Labute approximate surface area is 158 Å². The first-order valence-electron chi connectivity index (χ1n) is 8.39. The predicted molar refractivity (Wildman–Crippen MR) is 100 cm³/mol. The molecular formula is C19H23NO6S. The molecule has 0 saturated carbocycles. The fraction of sp³-hybridized carbons (Fsp3) is 0.368. The van der Waals surface area contributed by atoms with E-state index < -0.39 is 28.3 Å². The van der Waals surface area contributed by atoms with Gasteiger partial charge in [-0.1, -0.05) is 30.3 Å². The summed E-state index contributed by atoms with van der Waals surface area (Å²) >= 11 is 0. The number of aliphatic hydroxyl groups is 2. The molecule has 0 spiro atoms. The van der Waals surface area contributed by atoms with Crippen molar-refractivity contribution in [2.24, 2.45) is 0 Å². The normalized spacial score (nSPS) is 20.9. The third-order valence-electron chi connectivity index (χ3n) is 4.73. The number of ether oxygens (including phenoxy) is 2. The van der Waals surface area contributed by atoms with Gasteiger partial charge in [0.1, 0.15) is 22.3 Å². The SMILES string of the molecule is COc1ccc(C(CS(C)(=O)=O)N2C(O)c3ccccc3C2O)cc1OC. The summed E-state index contributed by atoms with van der Waals surface area (Å²) in [4.78, 5) is 1.40. The summed E-state index contributed by atoms with van der Waals surface area (Å²) in [5, 5.41) is 21.6. The molecule has 0 saturated heterocycles. The highest BCUT2D eigenvalue weighted by Crippen LogP contribution is 2.45. The topological polar surface area (TPSA) is 96.3 Å². The van der Waals surface area contributed by atoms with Crippen molar-refractivity contribution in [1.82, 2.24) is 4.90 Å². The van der Waals surface area contributed by atoms with Gasteiger partial charge < -0.3 is 19.7 Å². The number of benzene rings is 2. The number of sulfone groups is 1. The molecule has 1 heterocycles. The Bertz CT molecular complexity index is 901. The van der Waals surface area contributed by atoms with Crippen LogP contribution in [0.2, 0.25) is 0 Å². The molecule has 3 rings (SSSR count). The van der Waals surface area contributed by atoms with Crippen LogP contribution >= 0.6 is 0 Å². The maximum absolute atomic E-state index is 12.1. The second kappa shape index (κ2) is 7.47. The Morgan fingerprint density at radius 3 is 2.04 bits per heavy atom. The number of hydrogen-bond donors (Lipinski definition) is 2. The summed E-state index contributed by atoms with van der Waals surface area (Å²) in [6.45, 7) is 0. The summed E-state index contributed by atoms with van der Waals surface area (Å²) in [6, 6.07) is 11.2. The van der Waals surface area contributed by atoms with Gasteiger partial charge in [0, 0.05) is 17.4 Å². The van der Waals surface area contributed by atoms with Gasteiger partial charge in [-0.05, 0) is 17.7 Å². The molecule has 3 atom stereocenters. The molecule has 3 unspecified atom stereocenters. The highest BCUT2D eigenvalue weighted by molar-refractivity contribution is 7.90. The Kier molecular flexibility index (Phi) is 5.43. The van der Waals surface area contributed by atoms with Gasteiger partial charge in [0.25, 0.3) is 0 Å². The summed E-state index contributed by atoms with van der Waals surface area (Å²) in [5.41, 5.74) is 1.71. The van der Waals surface area contributed by atoms with Gasteiger partial charge in [0.05, 0.1) is 26.0 Å². The van der Waals surface area contributed by atoms with E-state index in [0.717, 1.165) is 6.26 Å². The number of rotatable bonds is 6. The largest absolute Gasteiger partial charge is 0.493 e. The lowest BCUT2D eigenvalue weighted by Gasteiger charge is -2.33. The second-order valence-corrected chi connectivity index (χ2v) is 8.73. The molecule has 146 valence electrons.